The van der Waals surface area contributed by atoms with Crippen molar-refractivity contribution in [3.63, 3.8) is 0 Å². The zero-order valence-corrected chi connectivity index (χ0v) is 11.7. The predicted octanol–water partition coefficient (Wildman–Crippen LogP) is 3.52. The van der Waals surface area contributed by atoms with Gasteiger partial charge in [-0.1, -0.05) is 32.1 Å². The lowest BCUT2D eigenvalue weighted by atomic mass is 9.75. The highest BCUT2D eigenvalue weighted by Crippen LogP contribution is 2.52. The van der Waals surface area contributed by atoms with Gasteiger partial charge in [-0.3, -0.25) is 0 Å². The van der Waals surface area contributed by atoms with E-state index in [0.717, 1.165) is 24.7 Å². The summed E-state index contributed by atoms with van der Waals surface area (Å²) in [7, 11) is 1.82. The van der Waals surface area contributed by atoms with Crippen molar-refractivity contribution in [3.8, 4) is 0 Å². The molecule has 0 aliphatic heterocycles. The van der Waals surface area contributed by atoms with Crippen molar-refractivity contribution < 1.29 is 9.84 Å². The molecule has 0 spiro atoms. The fraction of sp³-hybridized carbons (Fsp3) is 1.00. The van der Waals surface area contributed by atoms with Crippen LogP contribution in [0.4, 0.5) is 0 Å². The standard InChI is InChI=1S/C16H28O2/c1-18-16(8-4-2-3-5-9-16)15(17)14-11-12-6-7-13(14)10-12/h12-15,17H,2-11H2,1H3. The van der Waals surface area contributed by atoms with E-state index in [-0.39, 0.29) is 11.7 Å². The molecule has 0 aromatic heterocycles. The van der Waals surface area contributed by atoms with E-state index in [9.17, 15) is 5.11 Å². The fourth-order valence-electron chi connectivity index (χ4n) is 5.02. The summed E-state index contributed by atoms with van der Waals surface area (Å²) in [5, 5.41) is 10.9. The number of fused-ring (bicyclic) bond motifs is 2. The van der Waals surface area contributed by atoms with Crippen LogP contribution in [0.2, 0.25) is 0 Å². The number of methoxy groups -OCH3 is 1. The quantitative estimate of drug-likeness (QED) is 0.779. The molecule has 2 nitrogen and oxygen atoms in total. The van der Waals surface area contributed by atoms with Gasteiger partial charge < -0.3 is 9.84 Å². The van der Waals surface area contributed by atoms with Gasteiger partial charge in [0.15, 0.2) is 0 Å². The van der Waals surface area contributed by atoms with Crippen molar-refractivity contribution in [2.45, 2.75) is 75.9 Å². The van der Waals surface area contributed by atoms with Gasteiger partial charge >= 0.3 is 0 Å². The molecule has 18 heavy (non-hydrogen) atoms. The molecule has 2 heteroatoms. The van der Waals surface area contributed by atoms with Gasteiger partial charge in [-0.05, 0) is 49.9 Å². The van der Waals surface area contributed by atoms with Gasteiger partial charge in [0.05, 0.1) is 11.7 Å². The zero-order valence-electron chi connectivity index (χ0n) is 11.7. The molecule has 0 radical (unpaired) electrons. The summed E-state index contributed by atoms with van der Waals surface area (Å²) in [4.78, 5) is 0. The summed E-state index contributed by atoms with van der Waals surface area (Å²) in [6.07, 6.45) is 12.4. The third-order valence-electron chi connectivity index (χ3n) is 6.09. The minimum absolute atomic E-state index is 0.212. The maximum absolute atomic E-state index is 10.9. The van der Waals surface area contributed by atoms with E-state index in [1.165, 1.54) is 51.4 Å². The van der Waals surface area contributed by atoms with Gasteiger partial charge in [0.25, 0.3) is 0 Å². The second-order valence-corrected chi connectivity index (χ2v) is 6.97. The van der Waals surface area contributed by atoms with Crippen molar-refractivity contribution in [3.05, 3.63) is 0 Å². The van der Waals surface area contributed by atoms with Crippen LogP contribution in [0.15, 0.2) is 0 Å². The Kier molecular flexibility index (Phi) is 3.68. The molecule has 3 rings (SSSR count). The Bertz CT molecular complexity index is 281. The second kappa shape index (κ2) is 5.13. The molecule has 4 unspecified atom stereocenters. The van der Waals surface area contributed by atoms with Crippen molar-refractivity contribution in [2.75, 3.05) is 7.11 Å². The van der Waals surface area contributed by atoms with Crippen LogP contribution in [-0.2, 0) is 4.74 Å². The lowest BCUT2D eigenvalue weighted by molar-refractivity contribution is -0.139. The van der Waals surface area contributed by atoms with Gasteiger partial charge in [-0.25, -0.2) is 0 Å². The molecule has 0 amide bonds. The number of rotatable bonds is 3. The first kappa shape index (κ1) is 12.9. The summed E-state index contributed by atoms with van der Waals surface area (Å²) in [6, 6.07) is 0. The van der Waals surface area contributed by atoms with Crippen LogP contribution in [0.25, 0.3) is 0 Å². The lowest BCUT2D eigenvalue weighted by Crippen LogP contribution is -2.49. The van der Waals surface area contributed by atoms with Gasteiger partial charge in [0.2, 0.25) is 0 Å². The Morgan fingerprint density at radius 1 is 1.06 bits per heavy atom. The monoisotopic (exact) mass is 252 g/mol. The second-order valence-electron chi connectivity index (χ2n) is 6.97. The molecule has 3 aliphatic carbocycles. The number of aliphatic hydroxyl groups is 1. The smallest absolute Gasteiger partial charge is 0.0939 e. The highest BCUT2D eigenvalue weighted by atomic mass is 16.5. The van der Waals surface area contributed by atoms with Crippen LogP contribution in [0.1, 0.15) is 64.2 Å². The molecule has 0 saturated heterocycles. The molecule has 3 fully saturated rings. The highest BCUT2D eigenvalue weighted by Gasteiger charge is 2.50. The minimum Gasteiger partial charge on any atom is -0.390 e. The summed E-state index contributed by atoms with van der Waals surface area (Å²) in [5.41, 5.74) is -0.217. The Balaban J connectivity index is 1.73. The topological polar surface area (TPSA) is 29.5 Å². The molecule has 3 aliphatic rings. The van der Waals surface area contributed by atoms with Crippen molar-refractivity contribution >= 4 is 0 Å². The molecule has 1 N–H and O–H groups in total. The largest absolute Gasteiger partial charge is 0.390 e. The first-order chi connectivity index (χ1) is 8.75. The van der Waals surface area contributed by atoms with Crippen LogP contribution in [0, 0.1) is 17.8 Å². The molecule has 0 heterocycles. The van der Waals surface area contributed by atoms with Crippen LogP contribution in [-0.4, -0.2) is 23.9 Å². The SMILES string of the molecule is COC1(C(O)C2CC3CCC2C3)CCCCCC1. The van der Waals surface area contributed by atoms with Crippen molar-refractivity contribution in [1.82, 2.24) is 0 Å². The molecule has 0 aromatic carbocycles. The van der Waals surface area contributed by atoms with Crippen molar-refractivity contribution in [1.29, 1.82) is 0 Å². The van der Waals surface area contributed by atoms with Crippen LogP contribution in [0.3, 0.4) is 0 Å². The van der Waals surface area contributed by atoms with E-state index in [2.05, 4.69) is 0 Å². The first-order valence-corrected chi connectivity index (χ1v) is 7.98. The third kappa shape index (κ3) is 2.12. The van der Waals surface area contributed by atoms with E-state index in [1.54, 1.807) is 0 Å². The maximum Gasteiger partial charge on any atom is 0.0939 e. The fourth-order valence-corrected chi connectivity index (χ4v) is 5.02. The Labute approximate surface area is 111 Å². The van der Waals surface area contributed by atoms with Crippen LogP contribution in [0.5, 0.6) is 0 Å². The first-order valence-electron chi connectivity index (χ1n) is 7.98. The third-order valence-corrected chi connectivity index (χ3v) is 6.09. The minimum atomic E-state index is -0.217. The van der Waals surface area contributed by atoms with Gasteiger partial charge in [-0.2, -0.15) is 0 Å². The van der Waals surface area contributed by atoms with E-state index in [0.29, 0.717) is 5.92 Å². The zero-order chi connectivity index (χ0) is 12.6. The number of ether oxygens (including phenoxy) is 1. The average Bonchev–Trinajstić information content (AvgIpc) is 2.94. The number of aliphatic hydroxyl groups excluding tert-OH is 1. The summed E-state index contributed by atoms with van der Waals surface area (Å²) in [6.45, 7) is 0. The molecular formula is C16H28O2. The number of hydrogen-bond donors (Lipinski definition) is 1. The summed E-state index contributed by atoms with van der Waals surface area (Å²) >= 11 is 0. The molecular weight excluding hydrogens is 224 g/mol. The molecule has 4 atom stereocenters. The normalized spacial score (nSPS) is 40.7. The van der Waals surface area contributed by atoms with E-state index in [4.69, 9.17) is 4.74 Å². The van der Waals surface area contributed by atoms with Gasteiger partial charge in [-0.15, -0.1) is 0 Å². The Morgan fingerprint density at radius 2 is 1.78 bits per heavy atom. The molecule has 2 bridgehead atoms. The molecule has 0 aromatic rings. The van der Waals surface area contributed by atoms with Gasteiger partial charge in [0, 0.05) is 7.11 Å². The van der Waals surface area contributed by atoms with Crippen molar-refractivity contribution in [2.24, 2.45) is 17.8 Å². The van der Waals surface area contributed by atoms with E-state index >= 15 is 0 Å². The van der Waals surface area contributed by atoms with E-state index in [1.807, 2.05) is 7.11 Å². The molecule has 3 saturated carbocycles. The highest BCUT2D eigenvalue weighted by molar-refractivity contribution is 5.01. The van der Waals surface area contributed by atoms with E-state index < -0.39 is 0 Å². The maximum atomic E-state index is 10.9. The van der Waals surface area contributed by atoms with Crippen LogP contribution >= 0.6 is 0 Å². The summed E-state index contributed by atoms with van der Waals surface area (Å²) < 4.78 is 5.89. The average molecular weight is 252 g/mol. The Morgan fingerprint density at radius 3 is 2.28 bits per heavy atom. The van der Waals surface area contributed by atoms with Crippen LogP contribution < -0.4 is 0 Å². The van der Waals surface area contributed by atoms with Gasteiger partial charge in [0.1, 0.15) is 0 Å². The summed E-state index contributed by atoms with van der Waals surface area (Å²) in [5.74, 6) is 2.23. The Hall–Kier alpha value is -0.0800. The number of hydrogen-bond acceptors (Lipinski definition) is 2. The molecule has 104 valence electrons. The predicted molar refractivity (Wildman–Crippen MR) is 72.4 cm³/mol. The lowest BCUT2D eigenvalue weighted by Gasteiger charge is -2.41.